The molecule has 0 bridgehead atoms. The number of alkyl halides is 3. The molecule has 0 aliphatic carbocycles. The van der Waals surface area contributed by atoms with Crippen molar-refractivity contribution in [3.05, 3.63) is 23.5 Å². The third-order valence-electron chi connectivity index (χ3n) is 4.73. The molecule has 0 saturated carbocycles. The maximum absolute atomic E-state index is 13.5. The molecule has 0 aromatic carbocycles. The predicted octanol–water partition coefficient (Wildman–Crippen LogP) is 2.51. The maximum atomic E-state index is 13.5. The minimum Gasteiger partial charge on any atom is -0.350 e. The van der Waals surface area contributed by atoms with Crippen molar-refractivity contribution in [2.24, 2.45) is 0 Å². The Labute approximate surface area is 172 Å². The summed E-state index contributed by atoms with van der Waals surface area (Å²) in [6, 6.07) is -0.168. The topological polar surface area (TPSA) is 83.3 Å². The van der Waals surface area contributed by atoms with Gasteiger partial charge in [-0.15, -0.1) is 12.4 Å². The number of piperazine rings is 1. The third kappa shape index (κ3) is 5.37. The number of carbonyl (C=O) groups is 1. The second kappa shape index (κ2) is 8.85. The molecular weight excluding hydrogens is 411 g/mol. The fourth-order valence-electron chi connectivity index (χ4n) is 3.23. The molecule has 1 saturated heterocycles. The van der Waals surface area contributed by atoms with Crippen LogP contribution in [0.25, 0.3) is 11.1 Å². The van der Waals surface area contributed by atoms with E-state index in [1.807, 2.05) is 20.8 Å². The number of amides is 1. The molecule has 2 aromatic rings. The first kappa shape index (κ1) is 23.4. The lowest BCUT2D eigenvalue weighted by Crippen LogP contribution is -2.57. The zero-order chi connectivity index (χ0) is 20.5. The second-order valence-electron chi connectivity index (χ2n) is 7.91. The third-order valence-corrected chi connectivity index (χ3v) is 4.73. The molecule has 1 aliphatic heterocycles. The highest BCUT2D eigenvalue weighted by molar-refractivity contribution is 5.97. The van der Waals surface area contributed by atoms with E-state index in [-0.39, 0.29) is 42.2 Å². The second-order valence-corrected chi connectivity index (χ2v) is 7.91. The highest BCUT2D eigenvalue weighted by atomic mass is 35.5. The first-order chi connectivity index (χ1) is 13.1. The van der Waals surface area contributed by atoms with Crippen LogP contribution in [-0.2, 0) is 5.41 Å². The van der Waals surface area contributed by atoms with Gasteiger partial charge in [0, 0.05) is 44.3 Å². The number of hydrogen-bond donors (Lipinski definition) is 2. The van der Waals surface area contributed by atoms with E-state index >= 15 is 0 Å². The SMILES string of the molecule is CC(C)(C)c1noc2ncc(C(=O)NCC(N3CCNCC3)C(F)(F)F)cc12.Cl. The fraction of sp³-hybridized carbons (Fsp3) is 0.611. The molecule has 3 heterocycles. The van der Waals surface area contributed by atoms with Gasteiger partial charge in [0.25, 0.3) is 11.6 Å². The minimum absolute atomic E-state index is 0. The van der Waals surface area contributed by atoms with Crippen molar-refractivity contribution in [3.63, 3.8) is 0 Å². The van der Waals surface area contributed by atoms with E-state index in [4.69, 9.17) is 4.52 Å². The molecule has 3 rings (SSSR count). The van der Waals surface area contributed by atoms with Crippen LogP contribution in [0.5, 0.6) is 0 Å². The molecule has 1 amide bonds. The van der Waals surface area contributed by atoms with E-state index < -0.39 is 24.7 Å². The maximum Gasteiger partial charge on any atom is 0.405 e. The van der Waals surface area contributed by atoms with Crippen molar-refractivity contribution in [1.29, 1.82) is 0 Å². The number of fused-ring (bicyclic) bond motifs is 1. The largest absolute Gasteiger partial charge is 0.405 e. The summed E-state index contributed by atoms with van der Waals surface area (Å²) in [5, 5.41) is 10.0. The van der Waals surface area contributed by atoms with Crippen LogP contribution in [0.4, 0.5) is 13.2 Å². The molecule has 0 spiro atoms. The highest BCUT2D eigenvalue weighted by Gasteiger charge is 2.43. The van der Waals surface area contributed by atoms with Crippen LogP contribution < -0.4 is 10.6 Å². The molecule has 1 atom stereocenters. The number of nitrogens with zero attached hydrogens (tertiary/aromatic N) is 3. The summed E-state index contributed by atoms with van der Waals surface area (Å²) >= 11 is 0. The van der Waals surface area contributed by atoms with E-state index in [2.05, 4.69) is 20.8 Å². The van der Waals surface area contributed by atoms with Crippen LogP contribution in [0, 0.1) is 0 Å². The van der Waals surface area contributed by atoms with Gasteiger partial charge in [-0.05, 0) is 6.07 Å². The van der Waals surface area contributed by atoms with Gasteiger partial charge in [-0.2, -0.15) is 13.2 Å². The molecule has 29 heavy (non-hydrogen) atoms. The Hall–Kier alpha value is -1.91. The van der Waals surface area contributed by atoms with E-state index in [1.165, 1.54) is 11.1 Å². The first-order valence-corrected chi connectivity index (χ1v) is 9.13. The van der Waals surface area contributed by atoms with Gasteiger partial charge in [0.05, 0.1) is 16.6 Å². The first-order valence-electron chi connectivity index (χ1n) is 9.13. The average molecular weight is 436 g/mol. The molecule has 162 valence electrons. The lowest BCUT2D eigenvalue weighted by molar-refractivity contribution is -0.183. The van der Waals surface area contributed by atoms with Crippen molar-refractivity contribution in [3.8, 4) is 0 Å². The molecule has 0 radical (unpaired) electrons. The number of pyridine rings is 1. The monoisotopic (exact) mass is 435 g/mol. The van der Waals surface area contributed by atoms with Crippen molar-refractivity contribution in [2.75, 3.05) is 32.7 Å². The summed E-state index contributed by atoms with van der Waals surface area (Å²) in [4.78, 5) is 17.9. The summed E-state index contributed by atoms with van der Waals surface area (Å²) in [5.41, 5.74) is 0.766. The summed E-state index contributed by atoms with van der Waals surface area (Å²) in [6.07, 6.45) is -3.15. The minimum atomic E-state index is -4.43. The quantitative estimate of drug-likeness (QED) is 0.767. The Kier molecular flexibility index (Phi) is 7.13. The van der Waals surface area contributed by atoms with Gasteiger partial charge in [-0.3, -0.25) is 9.69 Å². The van der Waals surface area contributed by atoms with Gasteiger partial charge in [-0.1, -0.05) is 25.9 Å². The molecule has 2 aromatic heterocycles. The van der Waals surface area contributed by atoms with Gasteiger partial charge in [-0.25, -0.2) is 4.98 Å². The van der Waals surface area contributed by atoms with Gasteiger partial charge >= 0.3 is 6.18 Å². The lowest BCUT2D eigenvalue weighted by Gasteiger charge is -2.35. The zero-order valence-corrected chi connectivity index (χ0v) is 17.3. The Morgan fingerprint density at radius 3 is 2.55 bits per heavy atom. The van der Waals surface area contributed by atoms with Gasteiger partial charge < -0.3 is 15.2 Å². The van der Waals surface area contributed by atoms with Crippen LogP contribution in [0.3, 0.4) is 0 Å². The molecule has 1 aliphatic rings. The Morgan fingerprint density at radius 1 is 1.31 bits per heavy atom. The average Bonchev–Trinajstić information content (AvgIpc) is 3.05. The van der Waals surface area contributed by atoms with E-state index in [1.54, 1.807) is 6.07 Å². The molecular formula is C18H25ClF3N5O2. The van der Waals surface area contributed by atoms with Crippen LogP contribution in [-0.4, -0.2) is 65.9 Å². The molecule has 11 heteroatoms. The summed E-state index contributed by atoms with van der Waals surface area (Å²) in [5.74, 6) is -0.611. The Balaban J connectivity index is 0.00000300. The van der Waals surface area contributed by atoms with E-state index in [0.717, 1.165) is 0 Å². The van der Waals surface area contributed by atoms with E-state index in [0.29, 0.717) is 24.2 Å². The number of nitrogens with one attached hydrogen (secondary N) is 2. The van der Waals surface area contributed by atoms with E-state index in [9.17, 15) is 18.0 Å². The van der Waals surface area contributed by atoms with Crippen molar-refractivity contribution >= 4 is 29.4 Å². The number of carbonyl (C=O) groups excluding carboxylic acids is 1. The normalized spacial score (nSPS) is 17.0. The standard InChI is InChI=1S/C18H24F3N5O2.ClH/c1-17(2,3)14-12-8-11(9-24-16(12)28-25-14)15(27)23-10-13(18(19,20)21)26-6-4-22-5-7-26;/h8-9,13,22H,4-7,10H2,1-3H3,(H,23,27);1H. The summed E-state index contributed by atoms with van der Waals surface area (Å²) in [7, 11) is 0. The van der Waals surface area contributed by atoms with Crippen LogP contribution in [0.2, 0.25) is 0 Å². The highest BCUT2D eigenvalue weighted by Crippen LogP contribution is 2.29. The van der Waals surface area contributed by atoms with Gasteiger partial charge in [0.15, 0.2) is 0 Å². The number of rotatable bonds is 4. The predicted molar refractivity (Wildman–Crippen MR) is 104 cm³/mol. The summed E-state index contributed by atoms with van der Waals surface area (Å²) in [6.45, 7) is 6.85. The smallest absolute Gasteiger partial charge is 0.350 e. The van der Waals surface area contributed by atoms with Crippen molar-refractivity contribution in [1.82, 2.24) is 25.7 Å². The van der Waals surface area contributed by atoms with Crippen LogP contribution in [0.1, 0.15) is 36.8 Å². The van der Waals surface area contributed by atoms with Crippen LogP contribution in [0.15, 0.2) is 16.8 Å². The Morgan fingerprint density at radius 2 is 1.97 bits per heavy atom. The lowest BCUT2D eigenvalue weighted by atomic mass is 9.90. The fourth-order valence-corrected chi connectivity index (χ4v) is 3.23. The molecule has 2 N–H and O–H groups in total. The van der Waals surface area contributed by atoms with Gasteiger partial charge in [0.1, 0.15) is 6.04 Å². The van der Waals surface area contributed by atoms with Crippen molar-refractivity contribution in [2.45, 2.75) is 38.4 Å². The van der Waals surface area contributed by atoms with Gasteiger partial charge in [0.2, 0.25) is 0 Å². The number of halogens is 4. The number of hydrogen-bond acceptors (Lipinski definition) is 6. The molecule has 1 fully saturated rings. The molecule has 1 unspecified atom stereocenters. The Bertz CT molecular complexity index is 844. The molecule has 7 nitrogen and oxygen atoms in total. The summed E-state index contributed by atoms with van der Waals surface area (Å²) < 4.78 is 45.6. The van der Waals surface area contributed by atoms with Crippen LogP contribution >= 0.6 is 12.4 Å². The zero-order valence-electron chi connectivity index (χ0n) is 16.5. The number of aromatic nitrogens is 2. The van der Waals surface area contributed by atoms with Crippen molar-refractivity contribution < 1.29 is 22.5 Å².